The van der Waals surface area contributed by atoms with Gasteiger partial charge in [-0.05, 0) is 131 Å². The van der Waals surface area contributed by atoms with Crippen molar-refractivity contribution in [3.8, 4) is 0 Å². The molecular formula is C50H108N6. The van der Waals surface area contributed by atoms with Crippen LogP contribution in [0, 0.1) is 35.5 Å². The molecule has 0 aromatic rings. The van der Waals surface area contributed by atoms with Gasteiger partial charge in [-0.1, -0.05) is 81.1 Å². The molecule has 0 spiro atoms. The predicted molar refractivity (Wildman–Crippen MR) is 254 cm³/mol. The molecule has 338 valence electrons. The van der Waals surface area contributed by atoms with Gasteiger partial charge in [-0.25, -0.2) is 0 Å². The van der Waals surface area contributed by atoms with E-state index in [1.54, 1.807) is 0 Å². The first-order valence-corrected chi connectivity index (χ1v) is 24.3. The van der Waals surface area contributed by atoms with Crippen molar-refractivity contribution >= 4 is 0 Å². The van der Waals surface area contributed by atoms with Gasteiger partial charge in [0.1, 0.15) is 0 Å². The molecule has 0 aromatic heterocycles. The first-order chi connectivity index (χ1) is 25.9. The molecule has 6 saturated heterocycles. The van der Waals surface area contributed by atoms with Gasteiger partial charge in [0.15, 0.2) is 0 Å². The molecule has 6 rings (SSSR count). The second kappa shape index (κ2) is 29.9. The van der Waals surface area contributed by atoms with Crippen LogP contribution in [0.25, 0.3) is 0 Å². The lowest BCUT2D eigenvalue weighted by atomic mass is 9.94. The van der Waals surface area contributed by atoms with Gasteiger partial charge in [0.2, 0.25) is 0 Å². The van der Waals surface area contributed by atoms with E-state index in [2.05, 4.69) is 154 Å². The molecule has 0 atom stereocenters. The van der Waals surface area contributed by atoms with Gasteiger partial charge in [-0.15, -0.1) is 0 Å². The van der Waals surface area contributed by atoms with Crippen LogP contribution in [0.1, 0.15) is 177 Å². The summed E-state index contributed by atoms with van der Waals surface area (Å²) >= 11 is 0. The molecule has 6 fully saturated rings. The largest absolute Gasteiger partial charge is 0.300 e. The fraction of sp³-hybridized carbons (Fsp3) is 1.00. The highest BCUT2D eigenvalue weighted by atomic mass is 15.2. The fourth-order valence-electron chi connectivity index (χ4n) is 8.28. The van der Waals surface area contributed by atoms with E-state index in [9.17, 15) is 0 Å². The molecule has 0 bridgehead atoms. The highest BCUT2D eigenvalue weighted by Gasteiger charge is 2.29. The summed E-state index contributed by atoms with van der Waals surface area (Å²) in [5.74, 6) is 6.02. The van der Waals surface area contributed by atoms with E-state index in [4.69, 9.17) is 0 Å². The van der Waals surface area contributed by atoms with Gasteiger partial charge in [0.25, 0.3) is 0 Å². The van der Waals surface area contributed by atoms with E-state index in [-0.39, 0.29) is 7.43 Å². The quantitative estimate of drug-likeness (QED) is 0.184. The topological polar surface area (TPSA) is 19.4 Å². The van der Waals surface area contributed by atoms with Crippen LogP contribution in [0.4, 0.5) is 0 Å². The van der Waals surface area contributed by atoms with Crippen LogP contribution >= 0.6 is 0 Å². The first kappa shape index (κ1) is 55.8. The Labute approximate surface area is 355 Å². The van der Waals surface area contributed by atoms with Crippen molar-refractivity contribution < 1.29 is 0 Å². The molecule has 0 saturated carbocycles. The molecule has 0 N–H and O–H groups in total. The van der Waals surface area contributed by atoms with Crippen molar-refractivity contribution in [2.45, 2.75) is 213 Å². The van der Waals surface area contributed by atoms with E-state index in [1.807, 2.05) is 0 Å². The molecule has 6 aliphatic heterocycles. The lowest BCUT2D eigenvalue weighted by molar-refractivity contribution is 0.0624. The van der Waals surface area contributed by atoms with Gasteiger partial charge < -0.3 is 29.4 Å². The van der Waals surface area contributed by atoms with Crippen LogP contribution in [0.15, 0.2) is 0 Å². The minimum atomic E-state index is 0. The molecule has 6 nitrogen and oxygen atoms in total. The van der Waals surface area contributed by atoms with Gasteiger partial charge in [0.05, 0.1) is 0 Å². The van der Waals surface area contributed by atoms with E-state index >= 15 is 0 Å². The summed E-state index contributed by atoms with van der Waals surface area (Å²) in [4.78, 5) is 15.1. The molecule has 6 heterocycles. The first-order valence-electron chi connectivity index (χ1n) is 24.3. The van der Waals surface area contributed by atoms with Crippen LogP contribution < -0.4 is 0 Å². The van der Waals surface area contributed by atoms with Gasteiger partial charge in [-0.3, -0.25) is 0 Å². The number of hydrogen-bond donors (Lipinski definition) is 0. The summed E-state index contributed by atoms with van der Waals surface area (Å²) in [7, 11) is 0. The average Bonchev–Trinajstić information content (AvgIpc) is 2.98. The standard InChI is InChI=1S/2C9H19N.3C8H17N.C7H15N.CH4/c2*1-4-5-9-6-10(7-9)8(2)3;3*1-4-8-5-9(6-8)7(2)3;1-6(2)8-4-7(3)5-8;/h2*8-9H,4-7H2,1-3H3;3*7-8H,4-6H2,1-3H3;6-7H,4-5H2,1-3H3;1H4. The number of nitrogens with zero attached hydrogens (tertiary/aromatic N) is 6. The van der Waals surface area contributed by atoms with Crippen molar-refractivity contribution in [3.05, 3.63) is 0 Å². The van der Waals surface area contributed by atoms with Crippen molar-refractivity contribution in [1.82, 2.24) is 29.4 Å². The molecule has 0 unspecified atom stereocenters. The summed E-state index contributed by atoms with van der Waals surface area (Å²) in [5, 5.41) is 0. The second-order valence-corrected chi connectivity index (χ2v) is 20.5. The Morgan fingerprint density at radius 3 is 0.625 bits per heavy atom. The highest BCUT2D eigenvalue weighted by Crippen LogP contribution is 2.24. The van der Waals surface area contributed by atoms with Crippen LogP contribution in [0.3, 0.4) is 0 Å². The Morgan fingerprint density at radius 1 is 0.321 bits per heavy atom. The zero-order valence-corrected chi connectivity index (χ0v) is 41.0. The maximum Gasteiger partial charge on any atom is 0.00388 e. The minimum Gasteiger partial charge on any atom is -0.300 e. The zero-order valence-electron chi connectivity index (χ0n) is 41.0. The molecule has 56 heavy (non-hydrogen) atoms. The average molecular weight is 793 g/mol. The summed E-state index contributed by atoms with van der Waals surface area (Å²) in [6, 6.07) is 4.63. The lowest BCUT2D eigenvalue weighted by Crippen LogP contribution is -2.49. The van der Waals surface area contributed by atoms with E-state index < -0.39 is 0 Å². The monoisotopic (exact) mass is 793 g/mol. The van der Waals surface area contributed by atoms with Crippen LogP contribution in [-0.2, 0) is 0 Å². The summed E-state index contributed by atoms with van der Waals surface area (Å²) in [5.41, 5.74) is 0. The smallest absolute Gasteiger partial charge is 0.00388 e. The zero-order chi connectivity index (χ0) is 41.8. The van der Waals surface area contributed by atoms with Gasteiger partial charge >= 0.3 is 0 Å². The number of hydrogen-bond acceptors (Lipinski definition) is 6. The van der Waals surface area contributed by atoms with Crippen LogP contribution in [0.5, 0.6) is 0 Å². The van der Waals surface area contributed by atoms with E-state index in [1.165, 1.54) is 123 Å². The van der Waals surface area contributed by atoms with E-state index in [0.29, 0.717) is 0 Å². The Hall–Kier alpha value is -0.240. The molecular weight excluding hydrogens is 685 g/mol. The van der Waals surface area contributed by atoms with E-state index in [0.717, 1.165) is 71.8 Å². The number of likely N-dealkylation sites (tertiary alicyclic amines) is 6. The molecule has 6 aliphatic rings. The molecule has 0 aliphatic carbocycles. The minimum absolute atomic E-state index is 0. The van der Waals surface area contributed by atoms with Crippen molar-refractivity contribution in [3.63, 3.8) is 0 Å². The molecule has 0 radical (unpaired) electrons. The third-order valence-electron chi connectivity index (χ3n) is 13.5. The van der Waals surface area contributed by atoms with Crippen molar-refractivity contribution in [2.24, 2.45) is 35.5 Å². The third-order valence-corrected chi connectivity index (χ3v) is 13.5. The highest BCUT2D eigenvalue weighted by molar-refractivity contribution is 4.84. The molecule has 0 amide bonds. The Bertz CT molecular complexity index is 800. The fourth-order valence-corrected chi connectivity index (χ4v) is 8.28. The van der Waals surface area contributed by atoms with Gasteiger partial charge in [0, 0.05) is 115 Å². The second-order valence-electron chi connectivity index (χ2n) is 20.5. The molecule has 0 aromatic carbocycles. The summed E-state index contributed by atoms with van der Waals surface area (Å²) in [6.07, 6.45) is 9.68. The third kappa shape index (κ3) is 21.3. The number of rotatable bonds is 13. The molecule has 6 heteroatoms. The van der Waals surface area contributed by atoms with Gasteiger partial charge in [-0.2, -0.15) is 0 Å². The normalized spacial score (nSPS) is 22.1. The SMILES string of the molecule is C.CC1CN(C(C)C)C1.CCC1CN(C(C)C)C1.CCC1CN(C(C)C)C1.CCC1CN(C(C)C)C1.CCCC1CN(C(C)C)C1.CCCC1CN(C(C)C)C1. The Balaban J connectivity index is 0.000000647. The summed E-state index contributed by atoms with van der Waals surface area (Å²) < 4.78 is 0. The Morgan fingerprint density at radius 2 is 0.500 bits per heavy atom. The lowest BCUT2D eigenvalue weighted by Gasteiger charge is -2.42. The Kier molecular flexibility index (Phi) is 29.8. The maximum atomic E-state index is 2.54. The van der Waals surface area contributed by atoms with Crippen molar-refractivity contribution in [1.29, 1.82) is 0 Å². The maximum absolute atomic E-state index is 2.54. The predicted octanol–water partition coefficient (Wildman–Crippen LogP) is 11.4. The van der Waals surface area contributed by atoms with Crippen LogP contribution in [-0.4, -0.2) is 144 Å². The van der Waals surface area contributed by atoms with Crippen LogP contribution in [0.2, 0.25) is 0 Å². The van der Waals surface area contributed by atoms with Crippen molar-refractivity contribution in [2.75, 3.05) is 78.5 Å². The summed E-state index contributed by atoms with van der Waals surface area (Å²) in [6.45, 7) is 57.0.